The average Bonchev–Trinajstić information content (AvgIpc) is 1.79. The third-order valence-corrected chi connectivity index (χ3v) is 21.8. The summed E-state index contributed by atoms with van der Waals surface area (Å²) in [6.07, 6.45) is 4.65. The van der Waals surface area contributed by atoms with Crippen LogP contribution in [0.1, 0.15) is 130 Å². The van der Waals surface area contributed by atoms with E-state index in [1.807, 2.05) is 0 Å². The number of thioether (sulfide) groups is 1. The molecule has 0 spiro atoms. The van der Waals surface area contributed by atoms with Gasteiger partial charge in [-0.2, -0.15) is 37.0 Å². The highest BCUT2D eigenvalue weighted by Crippen LogP contribution is 2.22. The number of rotatable bonds is 57. The van der Waals surface area contributed by atoms with Crippen molar-refractivity contribution in [1.29, 1.82) is 10.8 Å². The number of nitrogens with one attached hydrogen (secondary N) is 19. The lowest BCUT2D eigenvalue weighted by atomic mass is 10.0. The summed E-state index contributed by atoms with van der Waals surface area (Å²) in [6, 6.07) is -7.25. The number of hydrogen-bond donors (Lipinski definition) is 28. The molecule has 1 fully saturated rings. The zero-order valence-corrected chi connectivity index (χ0v) is 76.7. The molecule has 15 atom stereocenters. The van der Waals surface area contributed by atoms with Gasteiger partial charge in [0, 0.05) is 62.3 Å². The zero-order chi connectivity index (χ0) is 96.3. The maximum absolute atomic E-state index is 14.8. The van der Waals surface area contributed by atoms with Crippen molar-refractivity contribution in [2.75, 3.05) is 62.9 Å². The van der Waals surface area contributed by atoms with Gasteiger partial charge < -0.3 is 133 Å². The Morgan fingerprint density at radius 1 is 0.496 bits per heavy atom. The standard InChI is InChI=1S/C82H131N25O19S3/c1-42(2)30-54(66(84)112)97-73(119)58(37-108)102-72(118)56(32-46-16-11-10-12-17-46)100-76(122)61(40-128)104-79(125)65(45(7)8)106-77(123)62-20-15-28-107(62)80(126)53(19-14-27-91-82(87)88)94-63(111)36-92-68(114)51(18-13-26-90-81(85)86)96-71(117)57(33-47-21-23-49(110)24-22-47)99-74(120)59(38-109)101-70(116)55(31-43(3)4)98-75(121)60(39-127)103-78(124)64(44(5)6)105-69(115)52(25-29-129-9)95-67(113)50(83)34-48-35-89-41-93-48/h10-12,16-17,21-24,35,41-45,50-62,64-65,108-110,127-128H,13-15,18-20,25-34,36-40,83H2,1-9H3,(H2,84,112)(H,89,93)(H,92,114)(H,94,111)(H,95,113)(H,96,117)(H,97,119)(H,98,121)(H,99,120)(H,100,122)(H,101,116)(H,102,118)(H,103,124)(H,104,125)(H,105,115)(H,106,123)(H4,85,86,90)(H4,87,88,91)/t50-,51-,52-,53-,54-,55-,56-,57-,58-,59-,60-,61-,62-,64-,65-/m0/s1. The van der Waals surface area contributed by atoms with Gasteiger partial charge in [-0.05, 0) is 117 Å². The molecule has 1 aliphatic rings. The normalized spacial score (nSPS) is 15.7. The number of nitrogens with two attached hydrogens (primary N) is 4. The molecule has 0 unspecified atom stereocenters. The van der Waals surface area contributed by atoms with Gasteiger partial charge in [0.2, 0.25) is 94.5 Å². The Morgan fingerprint density at radius 2 is 0.922 bits per heavy atom. The van der Waals surface area contributed by atoms with Crippen LogP contribution in [0.15, 0.2) is 67.1 Å². The molecular formula is C82H131N25O19S3. The van der Waals surface area contributed by atoms with Crippen LogP contribution in [0.2, 0.25) is 0 Å². The Hall–Kier alpha value is -11.6. The summed E-state index contributed by atoms with van der Waals surface area (Å²) < 4.78 is 0. The molecule has 4 rings (SSSR count). The Balaban J connectivity index is 1.53. The summed E-state index contributed by atoms with van der Waals surface area (Å²) >= 11 is 10.1. The van der Waals surface area contributed by atoms with E-state index < -0.39 is 229 Å². The van der Waals surface area contributed by atoms with Crippen LogP contribution in [0.3, 0.4) is 0 Å². The zero-order valence-electron chi connectivity index (χ0n) is 74.0. The molecule has 30 N–H and O–H groups in total. The predicted molar refractivity (Wildman–Crippen MR) is 486 cm³/mol. The van der Waals surface area contributed by atoms with E-state index in [0.29, 0.717) is 22.6 Å². The number of benzene rings is 2. The monoisotopic (exact) mass is 1870 g/mol. The van der Waals surface area contributed by atoms with E-state index >= 15 is 0 Å². The molecule has 716 valence electrons. The second kappa shape index (κ2) is 56.7. The largest absolute Gasteiger partial charge is 0.508 e. The number of carbonyl (C=O) groups excluding carboxylic acids is 16. The molecule has 1 aliphatic heterocycles. The topological polar surface area (TPSA) is 710 Å². The fourth-order valence-electron chi connectivity index (χ4n) is 13.5. The van der Waals surface area contributed by atoms with Gasteiger partial charge in [0.15, 0.2) is 11.9 Å². The number of amides is 16. The molecule has 44 nitrogen and oxygen atoms in total. The summed E-state index contributed by atoms with van der Waals surface area (Å²) in [7, 11) is 0. The summed E-state index contributed by atoms with van der Waals surface area (Å²) in [4.78, 5) is 233. The van der Waals surface area contributed by atoms with Crippen molar-refractivity contribution in [2.24, 2.45) is 46.6 Å². The van der Waals surface area contributed by atoms with E-state index in [2.05, 4.69) is 120 Å². The average molecular weight is 1870 g/mol. The number of aromatic amines is 1. The van der Waals surface area contributed by atoms with Crippen LogP contribution in [0.5, 0.6) is 5.75 Å². The first-order chi connectivity index (χ1) is 61.0. The van der Waals surface area contributed by atoms with Gasteiger partial charge in [-0.25, -0.2) is 4.98 Å². The number of likely N-dealkylation sites (tertiary alicyclic amines) is 1. The molecule has 3 aromatic rings. The molecule has 1 saturated heterocycles. The van der Waals surface area contributed by atoms with Crippen LogP contribution in [-0.2, 0) is 96.0 Å². The minimum Gasteiger partial charge on any atom is -0.508 e. The molecule has 1 aromatic heterocycles. The van der Waals surface area contributed by atoms with Crippen LogP contribution in [0, 0.1) is 34.5 Å². The van der Waals surface area contributed by atoms with Crippen molar-refractivity contribution in [3.63, 3.8) is 0 Å². The minimum atomic E-state index is -1.84. The quantitative estimate of drug-likeness (QED) is 0.0108. The first-order valence-electron chi connectivity index (χ1n) is 42.5. The van der Waals surface area contributed by atoms with Gasteiger partial charge in [-0.15, -0.1) is 0 Å². The molecule has 0 saturated carbocycles. The lowest BCUT2D eigenvalue weighted by Crippen LogP contribution is -2.61. The molecular weight excluding hydrogens is 1740 g/mol. The number of aliphatic hydroxyl groups is 2. The van der Waals surface area contributed by atoms with Crippen molar-refractivity contribution in [1.82, 2.24) is 99.9 Å². The molecule has 0 bridgehead atoms. The van der Waals surface area contributed by atoms with Crippen LogP contribution >= 0.6 is 37.0 Å². The highest BCUT2D eigenvalue weighted by atomic mass is 32.2. The highest BCUT2D eigenvalue weighted by Gasteiger charge is 2.42. The third-order valence-electron chi connectivity index (χ3n) is 20.5. The molecule has 47 heteroatoms. The van der Waals surface area contributed by atoms with Crippen LogP contribution in [0.25, 0.3) is 0 Å². The van der Waals surface area contributed by atoms with E-state index in [4.69, 9.17) is 33.8 Å². The fourth-order valence-corrected chi connectivity index (χ4v) is 14.5. The summed E-state index contributed by atoms with van der Waals surface area (Å²) in [5.41, 5.74) is 24.2. The van der Waals surface area contributed by atoms with Crippen LogP contribution < -0.4 is 108 Å². The molecule has 0 aliphatic carbocycles. The third kappa shape index (κ3) is 38.7. The van der Waals surface area contributed by atoms with Crippen molar-refractivity contribution < 1.29 is 92.0 Å². The molecule has 0 radical (unpaired) electrons. The number of H-pyrrole nitrogens is 1. The number of guanidine groups is 2. The van der Waals surface area contributed by atoms with Gasteiger partial charge in [0.05, 0.1) is 32.1 Å². The van der Waals surface area contributed by atoms with Gasteiger partial charge >= 0.3 is 0 Å². The van der Waals surface area contributed by atoms with Crippen molar-refractivity contribution in [3.05, 3.63) is 83.9 Å². The number of aromatic nitrogens is 2. The van der Waals surface area contributed by atoms with E-state index in [0.717, 1.165) is 0 Å². The first-order valence-corrected chi connectivity index (χ1v) is 45.2. The number of primary amides is 1. The van der Waals surface area contributed by atoms with E-state index in [1.54, 1.807) is 92.0 Å². The lowest BCUT2D eigenvalue weighted by molar-refractivity contribution is -0.142. The Kier molecular flexibility index (Phi) is 48.2. The second-order valence-electron chi connectivity index (χ2n) is 32.7. The smallest absolute Gasteiger partial charge is 0.245 e. The van der Waals surface area contributed by atoms with Gasteiger partial charge in [0.1, 0.15) is 90.3 Å². The second-order valence-corrected chi connectivity index (χ2v) is 34.4. The Bertz CT molecular complexity index is 4240. The highest BCUT2D eigenvalue weighted by molar-refractivity contribution is 7.98. The van der Waals surface area contributed by atoms with Gasteiger partial charge in [0.25, 0.3) is 0 Å². The summed E-state index contributed by atoms with van der Waals surface area (Å²) in [5.74, 6) is -17.2. The van der Waals surface area contributed by atoms with E-state index in [1.165, 1.54) is 53.5 Å². The molecule has 129 heavy (non-hydrogen) atoms. The van der Waals surface area contributed by atoms with Crippen molar-refractivity contribution in [3.8, 4) is 5.75 Å². The Labute approximate surface area is 764 Å². The number of thiol groups is 2. The maximum Gasteiger partial charge on any atom is 0.245 e. The van der Waals surface area contributed by atoms with E-state index in [9.17, 15) is 92.0 Å². The fraction of sp³-hybridized carbons (Fsp3) is 0.598. The molecule has 2 aromatic carbocycles. The molecule has 2 heterocycles. The summed E-state index contributed by atoms with van der Waals surface area (Å²) in [6.45, 7) is 10.6. The maximum atomic E-state index is 14.8. The number of imidazole rings is 1. The SMILES string of the molecule is CSCC[C@H](NC(=O)[C@@H](N)Cc1cnc[nH]1)C(=O)N[C@H](C(=O)N[C@@H](CS)C(=O)N[C@@H](CC(C)C)C(=O)N[C@@H](CO)C(=O)N[C@@H](Cc1ccc(O)cc1)C(=O)N[C@@H](CCCNC(=N)N)C(=O)NCC(=O)N[C@@H](CCCNC(=N)N)C(=O)N1CCC[C@H]1C(=O)N[C@H](C(=O)N[C@@H](CS)C(=O)N[C@@H](Cc1ccccc1)C(=O)N[C@@H](CO)C(=O)N[C@@H](CC(C)C)C(N)=O)C(C)C)C(C)C. The summed E-state index contributed by atoms with van der Waals surface area (Å²) in [5, 5.41) is 87.6. The van der Waals surface area contributed by atoms with E-state index in [-0.39, 0.29) is 126 Å². The number of phenolic OH excluding ortho intramolecular Hbond substituents is 1. The van der Waals surface area contributed by atoms with Crippen LogP contribution in [0.4, 0.5) is 0 Å². The number of hydrogen-bond acceptors (Lipinski definition) is 26. The number of aliphatic hydroxyl groups excluding tert-OH is 2. The van der Waals surface area contributed by atoms with Crippen molar-refractivity contribution >= 4 is 143 Å². The lowest BCUT2D eigenvalue weighted by Gasteiger charge is -2.31. The van der Waals surface area contributed by atoms with Gasteiger partial charge in [-0.1, -0.05) is 97.9 Å². The number of nitrogens with zero attached hydrogens (tertiary/aromatic N) is 2. The number of aromatic hydroxyl groups is 1. The van der Waals surface area contributed by atoms with Crippen molar-refractivity contribution in [2.45, 2.75) is 223 Å². The number of carbonyl (C=O) groups is 16. The first kappa shape index (κ1) is 110. The van der Waals surface area contributed by atoms with Gasteiger partial charge in [-0.3, -0.25) is 87.5 Å². The number of phenols is 1. The van der Waals surface area contributed by atoms with Crippen LogP contribution in [-0.4, -0.2) is 290 Å². The Morgan fingerprint density at radius 3 is 1.40 bits per heavy atom. The predicted octanol–water partition coefficient (Wildman–Crippen LogP) is -6.11. The molecule has 16 amide bonds. The minimum absolute atomic E-state index is 0.0185.